The zero-order chi connectivity index (χ0) is 4.41. The summed E-state index contributed by atoms with van der Waals surface area (Å²) in [7, 11) is 0. The Balaban J connectivity index is 2.37. The van der Waals surface area contributed by atoms with Crippen LogP contribution in [0.3, 0.4) is 0 Å². The monoisotopic (exact) mass is 85.1 g/mol. The number of carbonyl (C=O) groups is 1. The van der Waals surface area contributed by atoms with Gasteiger partial charge in [-0.15, -0.1) is 0 Å². The highest BCUT2D eigenvalue weighted by Gasteiger charge is 2.06. The zero-order valence-corrected chi connectivity index (χ0v) is 3.53. The van der Waals surface area contributed by atoms with Crippen LogP contribution in [-0.4, -0.2) is 18.9 Å². The van der Waals surface area contributed by atoms with Crippen LogP contribution in [0.15, 0.2) is 0 Å². The zero-order valence-electron chi connectivity index (χ0n) is 3.53. The minimum atomic E-state index is 0.343. The maximum absolute atomic E-state index is 10.2. The van der Waals surface area contributed by atoms with E-state index in [4.69, 9.17) is 0 Å². The molecule has 0 atom stereocenters. The molecule has 1 rings (SSSR count). The van der Waals surface area contributed by atoms with Crippen LogP contribution in [0.1, 0.15) is 6.42 Å². The largest absolute Gasteiger partial charge is 0.310 e. The highest BCUT2D eigenvalue weighted by molar-refractivity contribution is 5.82. The Morgan fingerprint density at radius 3 is 2.67 bits per heavy atom. The number of ketones is 1. The summed E-state index contributed by atoms with van der Waals surface area (Å²) in [6, 6.07) is 0. The topological polar surface area (TPSA) is 29.1 Å². The molecule has 34 valence electrons. The fraction of sp³-hybridized carbons (Fsp3) is 0.750. The lowest BCUT2D eigenvalue weighted by molar-refractivity contribution is -0.116. The van der Waals surface area contributed by atoms with Gasteiger partial charge in [0.15, 0.2) is 0 Å². The van der Waals surface area contributed by atoms with E-state index in [9.17, 15) is 4.79 Å². The molecule has 6 heavy (non-hydrogen) atoms. The van der Waals surface area contributed by atoms with Crippen LogP contribution in [0.4, 0.5) is 0 Å². The molecule has 0 aromatic heterocycles. The lowest BCUT2D eigenvalue weighted by Gasteiger charge is -1.75. The van der Waals surface area contributed by atoms with E-state index in [-0.39, 0.29) is 0 Å². The molecule has 0 spiro atoms. The number of rotatable bonds is 0. The van der Waals surface area contributed by atoms with E-state index in [0.717, 1.165) is 13.0 Å². The van der Waals surface area contributed by atoms with Gasteiger partial charge in [0.1, 0.15) is 5.78 Å². The fourth-order valence-corrected chi connectivity index (χ4v) is 0.544. The average molecular weight is 85.1 g/mol. The summed E-state index contributed by atoms with van der Waals surface area (Å²) in [5.74, 6) is 0.343. The second kappa shape index (κ2) is 1.39. The molecule has 1 aliphatic heterocycles. The summed E-state index contributed by atoms with van der Waals surface area (Å²) in [5.41, 5.74) is 0. The molecule has 0 radical (unpaired) electrons. The predicted octanol–water partition coefficient (Wildman–Crippen LogP) is -0.451. The molecule has 1 fully saturated rings. The molecule has 0 aliphatic carbocycles. The summed E-state index contributed by atoms with van der Waals surface area (Å²) in [6.07, 6.45) is 0.736. The average Bonchev–Trinajstić information content (AvgIpc) is 1.86. The minimum absolute atomic E-state index is 0.343. The van der Waals surface area contributed by atoms with Gasteiger partial charge in [0.05, 0.1) is 6.54 Å². The van der Waals surface area contributed by atoms with Gasteiger partial charge in [0.2, 0.25) is 0 Å². The maximum atomic E-state index is 10.2. The summed E-state index contributed by atoms with van der Waals surface area (Å²) >= 11 is 0. The van der Waals surface area contributed by atoms with Crippen LogP contribution in [0, 0.1) is 0 Å². The first-order chi connectivity index (χ1) is 2.89. The molecule has 2 nitrogen and oxygen atoms in total. The van der Waals surface area contributed by atoms with E-state index < -0.39 is 0 Å². The van der Waals surface area contributed by atoms with Gasteiger partial charge >= 0.3 is 0 Å². The molecular formula is C4H7NO. The summed E-state index contributed by atoms with van der Waals surface area (Å²) in [5, 5.41) is 2.92. The lowest BCUT2D eigenvalue weighted by atomic mass is 10.4. The van der Waals surface area contributed by atoms with Gasteiger partial charge < -0.3 is 5.32 Å². The highest BCUT2D eigenvalue weighted by atomic mass is 16.1. The Bertz CT molecular complexity index is 61.9. The third-order valence-corrected chi connectivity index (χ3v) is 0.903. The number of nitrogens with one attached hydrogen (secondary N) is 1. The van der Waals surface area contributed by atoms with Gasteiger partial charge in [-0.2, -0.15) is 0 Å². The van der Waals surface area contributed by atoms with Gasteiger partial charge in [-0.3, -0.25) is 4.79 Å². The first-order valence-electron chi connectivity index (χ1n) is 2.12. The standard InChI is InChI=1S/C4H7NO/c6-4-1-2-5-3-4/h5H,1-3H2. The van der Waals surface area contributed by atoms with Crippen molar-refractivity contribution in [1.82, 2.24) is 5.32 Å². The van der Waals surface area contributed by atoms with Crippen LogP contribution in [-0.2, 0) is 4.79 Å². The highest BCUT2D eigenvalue weighted by Crippen LogP contribution is 1.85. The molecule has 0 unspecified atom stereocenters. The molecule has 1 heterocycles. The Morgan fingerprint density at radius 1 is 1.67 bits per heavy atom. The number of Topliss-reactive ketones (excluding diaryl/α,β-unsaturated/α-hetero) is 1. The summed E-state index contributed by atoms with van der Waals surface area (Å²) in [4.78, 5) is 10.2. The van der Waals surface area contributed by atoms with Crippen molar-refractivity contribution in [2.45, 2.75) is 6.42 Å². The number of hydrogen-bond acceptors (Lipinski definition) is 2. The first-order valence-corrected chi connectivity index (χ1v) is 2.12. The molecule has 1 N–H and O–H groups in total. The Labute approximate surface area is 36.5 Å². The Kier molecular flexibility index (Phi) is 0.881. The van der Waals surface area contributed by atoms with Gasteiger partial charge in [0, 0.05) is 13.0 Å². The van der Waals surface area contributed by atoms with E-state index in [1.807, 2.05) is 0 Å². The van der Waals surface area contributed by atoms with Crippen LogP contribution in [0.5, 0.6) is 0 Å². The molecule has 0 saturated carbocycles. The smallest absolute Gasteiger partial charge is 0.147 e. The van der Waals surface area contributed by atoms with Crippen molar-refractivity contribution in [2.24, 2.45) is 0 Å². The second-order valence-corrected chi connectivity index (χ2v) is 1.47. The van der Waals surface area contributed by atoms with Gasteiger partial charge in [0.25, 0.3) is 0 Å². The third-order valence-electron chi connectivity index (χ3n) is 0.903. The van der Waals surface area contributed by atoms with Gasteiger partial charge in [-0.1, -0.05) is 0 Å². The minimum Gasteiger partial charge on any atom is -0.310 e. The summed E-state index contributed by atoms with van der Waals surface area (Å²) in [6.45, 7) is 1.48. The molecule has 0 bridgehead atoms. The second-order valence-electron chi connectivity index (χ2n) is 1.47. The number of hydrogen-bond donors (Lipinski definition) is 1. The molecular weight excluding hydrogens is 78.0 g/mol. The molecule has 2 heteroatoms. The quantitative estimate of drug-likeness (QED) is 0.431. The van der Waals surface area contributed by atoms with Crippen LogP contribution >= 0.6 is 0 Å². The van der Waals surface area contributed by atoms with Crippen molar-refractivity contribution in [3.8, 4) is 0 Å². The molecule has 0 aromatic rings. The van der Waals surface area contributed by atoms with E-state index in [2.05, 4.69) is 5.32 Å². The number of carbonyl (C=O) groups excluding carboxylic acids is 1. The van der Waals surface area contributed by atoms with Crippen molar-refractivity contribution in [2.75, 3.05) is 13.1 Å². The molecule has 0 aromatic carbocycles. The Hall–Kier alpha value is -0.370. The van der Waals surface area contributed by atoms with Crippen LogP contribution in [0.25, 0.3) is 0 Å². The Morgan fingerprint density at radius 2 is 2.50 bits per heavy atom. The van der Waals surface area contributed by atoms with E-state index in [1.165, 1.54) is 0 Å². The van der Waals surface area contributed by atoms with Crippen molar-refractivity contribution < 1.29 is 4.79 Å². The molecule has 1 saturated heterocycles. The van der Waals surface area contributed by atoms with Crippen molar-refractivity contribution in [1.29, 1.82) is 0 Å². The molecule has 0 amide bonds. The van der Waals surface area contributed by atoms with Crippen molar-refractivity contribution in [3.05, 3.63) is 0 Å². The van der Waals surface area contributed by atoms with Crippen molar-refractivity contribution >= 4 is 5.78 Å². The van der Waals surface area contributed by atoms with E-state index in [1.54, 1.807) is 0 Å². The SMILES string of the molecule is O=C1CCNC1. The van der Waals surface area contributed by atoms with E-state index in [0.29, 0.717) is 12.3 Å². The van der Waals surface area contributed by atoms with Crippen LogP contribution < -0.4 is 5.32 Å². The van der Waals surface area contributed by atoms with Gasteiger partial charge in [-0.05, 0) is 0 Å². The van der Waals surface area contributed by atoms with E-state index >= 15 is 0 Å². The maximum Gasteiger partial charge on any atom is 0.147 e. The third kappa shape index (κ3) is 0.571. The summed E-state index contributed by atoms with van der Waals surface area (Å²) < 4.78 is 0. The van der Waals surface area contributed by atoms with Crippen LogP contribution in [0.2, 0.25) is 0 Å². The molecule has 1 aliphatic rings. The van der Waals surface area contributed by atoms with Gasteiger partial charge in [-0.25, -0.2) is 0 Å². The first kappa shape index (κ1) is 3.81. The fourth-order valence-electron chi connectivity index (χ4n) is 0.544. The predicted molar refractivity (Wildman–Crippen MR) is 22.5 cm³/mol. The van der Waals surface area contributed by atoms with Crippen molar-refractivity contribution in [3.63, 3.8) is 0 Å². The normalized spacial score (nSPS) is 22.3. The lowest BCUT2D eigenvalue weighted by Crippen LogP contribution is -2.07.